The van der Waals surface area contributed by atoms with Crippen LogP contribution in [-0.2, 0) is 14.4 Å². The van der Waals surface area contributed by atoms with Crippen LogP contribution in [0, 0.1) is 11.3 Å². The van der Waals surface area contributed by atoms with Crippen molar-refractivity contribution in [2.45, 2.75) is 26.3 Å². The van der Waals surface area contributed by atoms with Crippen molar-refractivity contribution in [3.05, 3.63) is 0 Å². The summed E-state index contributed by atoms with van der Waals surface area (Å²) >= 11 is 5.49. The fourth-order valence-corrected chi connectivity index (χ4v) is 3.30. The Morgan fingerprint density at radius 1 is 1.40 bits per heavy atom. The first kappa shape index (κ1) is 15.1. The van der Waals surface area contributed by atoms with Crippen LogP contribution in [0.3, 0.4) is 0 Å². The van der Waals surface area contributed by atoms with Crippen LogP contribution < -0.4 is 0 Å². The van der Waals surface area contributed by atoms with Crippen LogP contribution in [0.15, 0.2) is 0 Å². The Kier molecular flexibility index (Phi) is 3.95. The van der Waals surface area contributed by atoms with E-state index in [1.807, 2.05) is 0 Å². The molecule has 2 rings (SSSR count). The summed E-state index contributed by atoms with van der Waals surface area (Å²) in [7, 11) is 0. The third-order valence-corrected chi connectivity index (χ3v) is 4.45. The molecule has 0 aliphatic carbocycles. The molecule has 0 aromatic carbocycles. The van der Waals surface area contributed by atoms with Crippen molar-refractivity contribution in [3.63, 3.8) is 0 Å². The van der Waals surface area contributed by atoms with E-state index in [4.69, 9.17) is 11.6 Å². The molecule has 2 saturated heterocycles. The third-order valence-electron chi connectivity index (χ3n) is 4.22. The summed E-state index contributed by atoms with van der Waals surface area (Å²) in [6, 6.07) is -0.792. The minimum atomic E-state index is -0.974. The van der Waals surface area contributed by atoms with Gasteiger partial charge in [-0.2, -0.15) is 0 Å². The summed E-state index contributed by atoms with van der Waals surface area (Å²) in [5.74, 6) is -1.53. The number of nitrogens with zero attached hydrogens (tertiary/aromatic N) is 2. The third kappa shape index (κ3) is 2.26. The first-order chi connectivity index (χ1) is 9.32. The van der Waals surface area contributed by atoms with E-state index in [-0.39, 0.29) is 23.6 Å². The molecule has 6 nitrogen and oxygen atoms in total. The molecule has 1 N–H and O–H groups in total. The van der Waals surface area contributed by atoms with Gasteiger partial charge in [0.05, 0.1) is 5.41 Å². The predicted octanol–water partition coefficient (Wildman–Crippen LogP) is 0.395. The van der Waals surface area contributed by atoms with Crippen LogP contribution >= 0.6 is 11.6 Å². The summed E-state index contributed by atoms with van der Waals surface area (Å²) in [6.45, 7) is 4.75. The zero-order chi connectivity index (χ0) is 15.1. The highest BCUT2D eigenvalue weighted by Gasteiger charge is 2.57. The molecule has 0 radical (unpaired) electrons. The summed E-state index contributed by atoms with van der Waals surface area (Å²) in [4.78, 5) is 38.3. The molecule has 2 heterocycles. The topological polar surface area (TPSA) is 77.9 Å². The smallest absolute Gasteiger partial charge is 0.326 e. The summed E-state index contributed by atoms with van der Waals surface area (Å²) in [6.07, 6.45) is 0.606. The van der Waals surface area contributed by atoms with Gasteiger partial charge in [-0.3, -0.25) is 9.59 Å². The lowest BCUT2D eigenvalue weighted by Crippen LogP contribution is -2.63. The highest BCUT2D eigenvalue weighted by atomic mass is 35.5. The summed E-state index contributed by atoms with van der Waals surface area (Å²) in [5, 5.41) is 9.29. The van der Waals surface area contributed by atoms with E-state index >= 15 is 0 Å². The van der Waals surface area contributed by atoms with Crippen molar-refractivity contribution in [1.82, 2.24) is 9.80 Å². The molecule has 20 heavy (non-hydrogen) atoms. The average molecular weight is 303 g/mol. The van der Waals surface area contributed by atoms with Crippen LogP contribution in [0.25, 0.3) is 0 Å². The van der Waals surface area contributed by atoms with Gasteiger partial charge in [0.2, 0.25) is 11.8 Å². The number of aliphatic carboxylic acids is 1. The van der Waals surface area contributed by atoms with E-state index in [0.29, 0.717) is 26.1 Å². The number of carbonyl (C=O) groups excluding carboxylic acids is 2. The monoisotopic (exact) mass is 302 g/mol. The number of amides is 2. The number of carboxylic acids is 1. The van der Waals surface area contributed by atoms with Gasteiger partial charge in [0, 0.05) is 19.6 Å². The minimum Gasteiger partial charge on any atom is -0.480 e. The number of carboxylic acid groups (broad SMARTS) is 1. The normalized spacial score (nSPS) is 22.3. The molecule has 2 aliphatic rings. The maximum atomic E-state index is 12.5. The van der Waals surface area contributed by atoms with Gasteiger partial charge < -0.3 is 14.9 Å². The highest BCUT2D eigenvalue weighted by molar-refractivity contribution is 6.27. The lowest BCUT2D eigenvalue weighted by molar-refractivity contribution is -0.159. The van der Waals surface area contributed by atoms with Gasteiger partial charge in [0.25, 0.3) is 0 Å². The van der Waals surface area contributed by atoms with Crippen molar-refractivity contribution in [3.8, 4) is 0 Å². The number of alkyl halides is 1. The molecule has 0 bridgehead atoms. The Labute approximate surface area is 122 Å². The van der Waals surface area contributed by atoms with E-state index in [0.717, 1.165) is 0 Å². The van der Waals surface area contributed by atoms with Crippen molar-refractivity contribution >= 4 is 29.4 Å². The number of halogens is 1. The quantitative estimate of drug-likeness (QED) is 0.762. The van der Waals surface area contributed by atoms with Crippen LogP contribution in [0.5, 0.6) is 0 Å². The molecule has 0 saturated carbocycles. The zero-order valence-corrected chi connectivity index (χ0v) is 12.4. The van der Waals surface area contributed by atoms with Crippen molar-refractivity contribution in [2.24, 2.45) is 11.3 Å². The van der Waals surface area contributed by atoms with Gasteiger partial charge in [0.1, 0.15) is 11.9 Å². The number of carbonyl (C=O) groups is 3. The summed E-state index contributed by atoms with van der Waals surface area (Å²) < 4.78 is 0. The second-order valence-electron chi connectivity index (χ2n) is 5.94. The van der Waals surface area contributed by atoms with Gasteiger partial charge >= 0.3 is 5.97 Å². The fraction of sp³-hybridized carbons (Fsp3) is 0.769. The van der Waals surface area contributed by atoms with Gasteiger partial charge in [-0.15, -0.1) is 11.6 Å². The molecule has 0 aromatic heterocycles. The molecule has 2 fully saturated rings. The predicted molar refractivity (Wildman–Crippen MR) is 72.3 cm³/mol. The standard InChI is InChI=1S/C13H19ClN2O4/c1-8(2)10(11(18)19)16-4-3-13(12(16)20)6-15(7-13)9(17)5-14/h8,10H,3-7H2,1-2H3,(H,18,19). The molecular weight excluding hydrogens is 284 g/mol. The van der Waals surface area contributed by atoms with E-state index in [9.17, 15) is 19.5 Å². The second kappa shape index (κ2) is 5.24. The van der Waals surface area contributed by atoms with Gasteiger partial charge in [-0.05, 0) is 12.3 Å². The molecule has 1 atom stereocenters. The molecule has 112 valence electrons. The van der Waals surface area contributed by atoms with Crippen molar-refractivity contribution in [1.29, 1.82) is 0 Å². The van der Waals surface area contributed by atoms with E-state index in [1.165, 1.54) is 4.90 Å². The number of likely N-dealkylation sites (tertiary alicyclic amines) is 2. The van der Waals surface area contributed by atoms with Crippen LogP contribution in [0.4, 0.5) is 0 Å². The lowest BCUT2D eigenvalue weighted by Gasteiger charge is -2.46. The van der Waals surface area contributed by atoms with Crippen LogP contribution in [-0.4, -0.2) is 64.2 Å². The van der Waals surface area contributed by atoms with E-state index in [1.54, 1.807) is 18.7 Å². The average Bonchev–Trinajstić information content (AvgIpc) is 2.64. The highest BCUT2D eigenvalue weighted by Crippen LogP contribution is 2.42. The zero-order valence-electron chi connectivity index (χ0n) is 11.6. The molecule has 2 aliphatic heterocycles. The Hall–Kier alpha value is -1.30. The Bertz CT molecular complexity index is 446. The molecule has 7 heteroatoms. The molecule has 1 unspecified atom stereocenters. The number of hydrogen-bond acceptors (Lipinski definition) is 3. The molecule has 0 aromatic rings. The maximum absolute atomic E-state index is 12.5. The van der Waals surface area contributed by atoms with E-state index in [2.05, 4.69) is 0 Å². The molecular formula is C13H19ClN2O4. The van der Waals surface area contributed by atoms with Gasteiger partial charge in [-0.25, -0.2) is 4.79 Å². The SMILES string of the molecule is CC(C)C(C(=O)O)N1CCC2(CN(C(=O)CCl)C2)C1=O. The number of rotatable bonds is 4. The first-order valence-electron chi connectivity index (χ1n) is 6.70. The summed E-state index contributed by atoms with van der Waals surface area (Å²) in [5.41, 5.74) is -0.579. The van der Waals surface area contributed by atoms with Crippen LogP contribution in [0.2, 0.25) is 0 Å². The Balaban J connectivity index is 2.08. The van der Waals surface area contributed by atoms with Crippen molar-refractivity contribution < 1.29 is 19.5 Å². The second-order valence-corrected chi connectivity index (χ2v) is 6.21. The first-order valence-corrected chi connectivity index (χ1v) is 7.23. The van der Waals surface area contributed by atoms with Crippen molar-refractivity contribution in [2.75, 3.05) is 25.5 Å². The Morgan fingerprint density at radius 2 is 2.00 bits per heavy atom. The van der Waals surface area contributed by atoms with Gasteiger partial charge in [0.15, 0.2) is 0 Å². The van der Waals surface area contributed by atoms with E-state index < -0.39 is 17.4 Å². The largest absolute Gasteiger partial charge is 0.480 e. The number of hydrogen-bond donors (Lipinski definition) is 1. The molecule has 1 spiro atoms. The Morgan fingerprint density at radius 3 is 2.45 bits per heavy atom. The maximum Gasteiger partial charge on any atom is 0.326 e. The minimum absolute atomic E-state index is 0.0856. The molecule has 2 amide bonds. The van der Waals surface area contributed by atoms with Crippen LogP contribution in [0.1, 0.15) is 20.3 Å². The fourth-order valence-electron chi connectivity index (χ4n) is 3.13. The lowest BCUT2D eigenvalue weighted by atomic mass is 9.78. The van der Waals surface area contributed by atoms with Gasteiger partial charge in [-0.1, -0.05) is 13.8 Å².